The van der Waals surface area contributed by atoms with Crippen molar-refractivity contribution in [3.63, 3.8) is 0 Å². The Morgan fingerprint density at radius 2 is 2.13 bits per heavy atom. The van der Waals surface area contributed by atoms with Crippen LogP contribution >= 0.6 is 0 Å². The van der Waals surface area contributed by atoms with Gasteiger partial charge in [0.2, 0.25) is 11.8 Å². The lowest BCUT2D eigenvalue weighted by atomic mass is 10.0. The third-order valence-electron chi connectivity index (χ3n) is 6.81. The summed E-state index contributed by atoms with van der Waals surface area (Å²) in [6.45, 7) is 0.446. The second-order valence-corrected chi connectivity index (χ2v) is 9.30. The van der Waals surface area contributed by atoms with Gasteiger partial charge in [-0.05, 0) is 24.1 Å². The number of aromatic nitrogens is 6. The van der Waals surface area contributed by atoms with Gasteiger partial charge < -0.3 is 14.8 Å². The van der Waals surface area contributed by atoms with Crippen LogP contribution < -0.4 is 10.1 Å². The fourth-order valence-corrected chi connectivity index (χ4v) is 4.86. The van der Waals surface area contributed by atoms with Crippen molar-refractivity contribution in [3.8, 4) is 17.0 Å². The van der Waals surface area contributed by atoms with Gasteiger partial charge >= 0.3 is 6.18 Å². The van der Waals surface area contributed by atoms with Crippen molar-refractivity contribution in [1.82, 2.24) is 34.5 Å². The number of rotatable bonds is 6. The van der Waals surface area contributed by atoms with E-state index in [1.165, 1.54) is 18.2 Å². The summed E-state index contributed by atoms with van der Waals surface area (Å²) in [5.74, 6) is -1.59. The normalized spacial score (nSPS) is 22.7. The molecule has 10 nitrogen and oxygen atoms in total. The number of nitrogens with one attached hydrogen (secondary N) is 1. The molecule has 2 atom stereocenters. The monoisotopic (exact) mass is 541 g/mol. The zero-order valence-electron chi connectivity index (χ0n) is 22.6. The van der Waals surface area contributed by atoms with Gasteiger partial charge in [0, 0.05) is 13.1 Å². The molecule has 0 spiro atoms. The van der Waals surface area contributed by atoms with Crippen molar-refractivity contribution in [2.45, 2.75) is 37.4 Å². The first kappa shape index (κ1) is 21.4. The largest absolute Gasteiger partial charge is 0.479 e. The number of ether oxygens (including phenoxy) is 2. The van der Waals surface area contributed by atoms with Crippen molar-refractivity contribution < 1.29 is 35.5 Å². The van der Waals surface area contributed by atoms with Crippen molar-refractivity contribution >= 4 is 22.5 Å². The van der Waals surface area contributed by atoms with Gasteiger partial charge in [-0.25, -0.2) is 18.0 Å². The third kappa shape index (κ3) is 4.49. The minimum Gasteiger partial charge on any atom is -0.479 e. The van der Waals surface area contributed by atoms with Crippen molar-refractivity contribution in [3.05, 3.63) is 30.2 Å². The lowest BCUT2D eigenvalue weighted by molar-refractivity contribution is -0.142. The molecule has 0 bridgehead atoms. The van der Waals surface area contributed by atoms with Gasteiger partial charge in [0.15, 0.2) is 5.82 Å². The summed E-state index contributed by atoms with van der Waals surface area (Å²) < 4.78 is 104. The van der Waals surface area contributed by atoms with Gasteiger partial charge in [0.25, 0.3) is 0 Å². The molecule has 2 aliphatic rings. The Bertz CT molecular complexity index is 1590. The van der Waals surface area contributed by atoms with Crippen LogP contribution in [0.3, 0.4) is 0 Å². The number of hydrogen-bond donors (Lipinski definition) is 1. The van der Waals surface area contributed by atoms with Gasteiger partial charge in [-0.2, -0.15) is 18.2 Å². The zero-order valence-corrected chi connectivity index (χ0v) is 19.6. The van der Waals surface area contributed by atoms with Crippen LogP contribution in [0.2, 0.25) is 0 Å². The van der Waals surface area contributed by atoms with Gasteiger partial charge in [-0.15, -0.1) is 10.2 Å². The number of benzene rings is 1. The van der Waals surface area contributed by atoms with Crippen LogP contribution in [0.1, 0.15) is 10.5 Å². The van der Waals surface area contributed by atoms with E-state index in [0.29, 0.717) is 30.9 Å². The number of alkyl halides is 4. The predicted octanol–water partition coefficient (Wildman–Crippen LogP) is 3.07. The molecule has 1 N–H and O–H groups in total. The molecule has 4 aromatic rings. The molecule has 6 rings (SSSR count). The van der Waals surface area contributed by atoms with Crippen molar-refractivity contribution in [2.24, 2.45) is 0 Å². The second kappa shape index (κ2) is 9.31. The number of likely N-dealkylation sites (tertiary alicyclic amines) is 1. The standard InChI is InChI=1S/C23H23F5N8O2/c1-37-21-20-19(12-2-3-17-18(6-12)36(33-31-17)11-23(26,27)28)15(25)8-35(20)32-22(30-21)29-16-4-5-34(7-14(16)24)13-9-38-10-13/h2-3,6,8,13-14,16H,4-5,7,9-11H2,1H3,(H,29,32)/t14-,16+/m0/s1/i1D3. The Kier molecular flexibility index (Phi) is 5.23. The summed E-state index contributed by atoms with van der Waals surface area (Å²) in [6.07, 6.45) is -4.52. The molecule has 2 fully saturated rings. The molecule has 2 saturated heterocycles. The first-order chi connectivity index (χ1) is 19.3. The maximum atomic E-state index is 15.4. The summed E-state index contributed by atoms with van der Waals surface area (Å²) in [6, 6.07) is 3.48. The number of methoxy groups -OCH3 is 1. The number of anilines is 1. The molecular weight excluding hydrogens is 515 g/mol. The maximum Gasteiger partial charge on any atom is 0.408 e. The number of nitrogens with zero attached hydrogens (tertiary/aromatic N) is 7. The molecule has 15 heteroatoms. The third-order valence-corrected chi connectivity index (χ3v) is 6.81. The van der Waals surface area contributed by atoms with E-state index in [-0.39, 0.29) is 46.2 Å². The predicted molar refractivity (Wildman–Crippen MR) is 125 cm³/mol. The lowest BCUT2D eigenvalue weighted by Gasteiger charge is -2.42. The maximum absolute atomic E-state index is 15.4. The summed E-state index contributed by atoms with van der Waals surface area (Å²) >= 11 is 0. The number of piperidine rings is 1. The topological polar surface area (TPSA) is 94.6 Å². The van der Waals surface area contributed by atoms with Crippen molar-refractivity contribution in [2.75, 3.05) is 38.7 Å². The molecule has 0 saturated carbocycles. The Balaban J connectivity index is 1.37. The first-order valence-corrected chi connectivity index (χ1v) is 11.8. The highest BCUT2D eigenvalue weighted by molar-refractivity contribution is 5.89. The minimum atomic E-state index is -4.58. The Morgan fingerprint density at radius 3 is 2.84 bits per heavy atom. The Morgan fingerprint density at radius 1 is 1.29 bits per heavy atom. The lowest BCUT2D eigenvalue weighted by Crippen LogP contribution is -2.57. The smallest absolute Gasteiger partial charge is 0.408 e. The van der Waals surface area contributed by atoms with Crippen molar-refractivity contribution in [1.29, 1.82) is 0 Å². The van der Waals surface area contributed by atoms with Gasteiger partial charge in [0.05, 0.1) is 53.7 Å². The zero-order chi connectivity index (χ0) is 29.1. The number of halogens is 5. The SMILES string of the molecule is [2H]C([2H])([2H])Oc1nc(N[C@@H]2CCN(C3COC3)C[C@@H]2F)nn2cc(F)c(-c3ccc4nnn(CC(F)(F)F)c4c3)c12. The fraction of sp³-hybridized carbons (Fsp3) is 0.478. The summed E-state index contributed by atoms with van der Waals surface area (Å²) in [5.41, 5.74) is -0.198. The molecule has 5 heterocycles. The van der Waals surface area contributed by atoms with E-state index in [1.807, 2.05) is 4.90 Å². The number of hydrogen-bond acceptors (Lipinski definition) is 8. The van der Waals surface area contributed by atoms with Gasteiger partial charge in [0.1, 0.15) is 23.7 Å². The van der Waals surface area contributed by atoms with Crippen LogP contribution in [0.4, 0.5) is 27.9 Å². The molecular formula is C23H23F5N8O2. The Labute approximate surface area is 216 Å². The van der Waals surface area contributed by atoms with Crippen LogP contribution in [0.25, 0.3) is 27.7 Å². The molecule has 0 aliphatic carbocycles. The van der Waals surface area contributed by atoms with Crippen LogP contribution in [0, 0.1) is 5.82 Å². The molecule has 2 aliphatic heterocycles. The number of fused-ring (bicyclic) bond motifs is 2. The van der Waals surface area contributed by atoms with Crippen LogP contribution in [0.15, 0.2) is 24.4 Å². The minimum absolute atomic E-state index is 0.0233. The molecule has 0 radical (unpaired) electrons. The van der Waals surface area contributed by atoms with E-state index < -0.39 is 43.7 Å². The summed E-state index contributed by atoms with van der Waals surface area (Å²) in [5, 5.41) is 14.3. The van der Waals surface area contributed by atoms with E-state index in [1.54, 1.807) is 0 Å². The quantitative estimate of drug-likeness (QED) is 0.373. The average Bonchev–Trinajstić information content (AvgIpc) is 3.37. The van der Waals surface area contributed by atoms with Crippen LogP contribution in [0.5, 0.6) is 5.88 Å². The summed E-state index contributed by atoms with van der Waals surface area (Å²) in [7, 11) is -3.00. The first-order valence-electron chi connectivity index (χ1n) is 13.3. The van der Waals surface area contributed by atoms with E-state index in [0.717, 1.165) is 10.7 Å². The molecule has 1 aromatic carbocycles. The average molecular weight is 541 g/mol. The highest BCUT2D eigenvalue weighted by Crippen LogP contribution is 2.36. The molecule has 202 valence electrons. The van der Waals surface area contributed by atoms with E-state index in [9.17, 15) is 13.2 Å². The molecule has 3 aromatic heterocycles. The highest BCUT2D eigenvalue weighted by Gasteiger charge is 2.36. The van der Waals surface area contributed by atoms with Crippen LogP contribution in [-0.4, -0.2) is 92.3 Å². The van der Waals surface area contributed by atoms with Gasteiger partial charge in [-0.3, -0.25) is 4.90 Å². The highest BCUT2D eigenvalue weighted by atomic mass is 19.4. The molecule has 0 unspecified atom stereocenters. The fourth-order valence-electron chi connectivity index (χ4n) is 4.86. The van der Waals surface area contributed by atoms with E-state index in [4.69, 9.17) is 13.6 Å². The van der Waals surface area contributed by atoms with E-state index >= 15 is 8.78 Å². The summed E-state index contributed by atoms with van der Waals surface area (Å²) in [4.78, 5) is 6.14. The second-order valence-electron chi connectivity index (χ2n) is 9.30. The Hall–Kier alpha value is -3.59. The van der Waals surface area contributed by atoms with Crippen LogP contribution in [-0.2, 0) is 11.3 Å². The van der Waals surface area contributed by atoms with E-state index in [2.05, 4.69) is 25.7 Å². The molecule has 0 amide bonds. The van der Waals surface area contributed by atoms with Gasteiger partial charge in [-0.1, -0.05) is 11.3 Å². The molecule has 38 heavy (non-hydrogen) atoms.